The van der Waals surface area contributed by atoms with Crippen molar-refractivity contribution >= 4 is 0 Å². The molecule has 0 atom stereocenters. The van der Waals surface area contributed by atoms with Crippen LogP contribution in [0.1, 0.15) is 44.2 Å². The lowest BCUT2D eigenvalue weighted by Crippen LogP contribution is -2.01. The summed E-state index contributed by atoms with van der Waals surface area (Å²) in [5.41, 5.74) is 3.95. The molecule has 0 aliphatic rings. The fraction of sp³-hybridized carbons (Fsp3) is 0.263. The van der Waals surface area contributed by atoms with Crippen molar-refractivity contribution in [1.29, 1.82) is 0 Å². The molecule has 0 amide bonds. The molecule has 0 nitrogen and oxygen atoms in total. The minimum Gasteiger partial charge on any atom is -0.100 e. The largest absolute Gasteiger partial charge is 0.100 e. The van der Waals surface area contributed by atoms with Gasteiger partial charge in [-0.2, -0.15) is 0 Å². The van der Waals surface area contributed by atoms with Crippen molar-refractivity contribution in [3.63, 3.8) is 0 Å². The first kappa shape index (κ1) is 15.2. The van der Waals surface area contributed by atoms with Crippen LogP contribution in [0.4, 0.5) is 0 Å². The Morgan fingerprint density at radius 1 is 0.842 bits per heavy atom. The third kappa shape index (κ3) is 4.75. The second-order valence-corrected chi connectivity index (χ2v) is 4.54. The summed E-state index contributed by atoms with van der Waals surface area (Å²) in [7, 11) is 0. The molecular weight excluding hydrogens is 228 g/mol. The minimum atomic E-state index is 0.426. The summed E-state index contributed by atoms with van der Waals surface area (Å²) in [5, 5.41) is 0. The van der Waals surface area contributed by atoms with E-state index in [0.29, 0.717) is 5.92 Å². The van der Waals surface area contributed by atoms with Gasteiger partial charge in [-0.15, -0.1) is 6.58 Å². The van der Waals surface area contributed by atoms with Gasteiger partial charge in [0.2, 0.25) is 0 Å². The maximum Gasteiger partial charge on any atom is 0.0126 e. The van der Waals surface area contributed by atoms with Gasteiger partial charge >= 0.3 is 0 Å². The van der Waals surface area contributed by atoms with Crippen molar-refractivity contribution in [2.24, 2.45) is 0 Å². The van der Waals surface area contributed by atoms with E-state index in [1.54, 1.807) is 0 Å². The van der Waals surface area contributed by atoms with Crippen LogP contribution in [0, 0.1) is 0 Å². The highest BCUT2D eigenvalue weighted by atomic mass is 14.2. The van der Waals surface area contributed by atoms with Gasteiger partial charge in [-0.25, -0.2) is 0 Å². The molecule has 0 radical (unpaired) electrons. The molecule has 0 heteroatoms. The van der Waals surface area contributed by atoms with Gasteiger partial charge in [0.05, 0.1) is 0 Å². The molecule has 0 spiro atoms. The maximum atomic E-state index is 4.05. The van der Waals surface area contributed by atoms with Crippen LogP contribution in [0.25, 0.3) is 0 Å². The molecule has 0 aromatic heterocycles. The predicted molar refractivity (Wildman–Crippen MR) is 85.5 cm³/mol. The van der Waals surface area contributed by atoms with E-state index in [-0.39, 0.29) is 0 Å². The summed E-state index contributed by atoms with van der Waals surface area (Å²) in [5.74, 6) is 0.426. The van der Waals surface area contributed by atoms with Crippen LogP contribution in [-0.2, 0) is 0 Å². The molecule has 0 saturated carbocycles. The lowest BCUT2D eigenvalue weighted by atomic mass is 9.86. The Balaban J connectivity index is 0.000000861. The van der Waals surface area contributed by atoms with Crippen molar-refractivity contribution < 1.29 is 0 Å². The SMILES string of the molecule is C=C(C)CC(c1ccccc1)c1ccccc1.CC. The highest BCUT2D eigenvalue weighted by Gasteiger charge is 2.13. The Kier molecular flexibility index (Phi) is 6.67. The number of rotatable bonds is 4. The van der Waals surface area contributed by atoms with Gasteiger partial charge < -0.3 is 0 Å². The van der Waals surface area contributed by atoms with E-state index in [2.05, 4.69) is 74.2 Å². The van der Waals surface area contributed by atoms with Crippen LogP contribution in [0.5, 0.6) is 0 Å². The topological polar surface area (TPSA) is 0 Å². The molecular formula is C19H24. The predicted octanol–water partition coefficient (Wildman–Crippen LogP) is 5.81. The van der Waals surface area contributed by atoms with Crippen molar-refractivity contribution in [3.8, 4) is 0 Å². The fourth-order valence-electron chi connectivity index (χ4n) is 2.15. The summed E-state index contributed by atoms with van der Waals surface area (Å²) in [6.45, 7) is 10.1. The third-order valence-electron chi connectivity index (χ3n) is 2.96. The van der Waals surface area contributed by atoms with Crippen molar-refractivity contribution in [2.45, 2.75) is 33.1 Å². The van der Waals surface area contributed by atoms with Crippen LogP contribution in [0.2, 0.25) is 0 Å². The van der Waals surface area contributed by atoms with Gasteiger partial charge in [0, 0.05) is 5.92 Å². The zero-order chi connectivity index (χ0) is 14.1. The summed E-state index contributed by atoms with van der Waals surface area (Å²) >= 11 is 0. The Morgan fingerprint density at radius 2 is 1.21 bits per heavy atom. The summed E-state index contributed by atoms with van der Waals surface area (Å²) in [6, 6.07) is 21.3. The molecule has 0 unspecified atom stereocenters. The Bertz CT molecular complexity index is 428. The monoisotopic (exact) mass is 252 g/mol. The van der Waals surface area contributed by atoms with Crippen LogP contribution in [0.15, 0.2) is 72.8 Å². The summed E-state index contributed by atoms with van der Waals surface area (Å²) in [4.78, 5) is 0. The molecule has 0 aliphatic carbocycles. The molecule has 2 rings (SSSR count). The lowest BCUT2D eigenvalue weighted by molar-refractivity contribution is 0.798. The van der Waals surface area contributed by atoms with Gasteiger partial charge in [-0.3, -0.25) is 0 Å². The van der Waals surface area contributed by atoms with E-state index >= 15 is 0 Å². The van der Waals surface area contributed by atoms with Crippen molar-refractivity contribution in [2.75, 3.05) is 0 Å². The number of allylic oxidation sites excluding steroid dienone is 1. The molecule has 0 N–H and O–H groups in total. The average molecular weight is 252 g/mol. The van der Waals surface area contributed by atoms with E-state index in [1.165, 1.54) is 16.7 Å². The first-order chi connectivity index (χ1) is 9.27. The highest BCUT2D eigenvalue weighted by Crippen LogP contribution is 2.29. The van der Waals surface area contributed by atoms with Crippen molar-refractivity contribution in [3.05, 3.63) is 83.9 Å². The van der Waals surface area contributed by atoms with E-state index in [9.17, 15) is 0 Å². The molecule has 0 saturated heterocycles. The Hall–Kier alpha value is -1.82. The smallest absolute Gasteiger partial charge is 0.0126 e. The fourth-order valence-corrected chi connectivity index (χ4v) is 2.15. The van der Waals surface area contributed by atoms with Gasteiger partial charge in [0.15, 0.2) is 0 Å². The van der Waals surface area contributed by atoms with E-state index in [0.717, 1.165) is 6.42 Å². The van der Waals surface area contributed by atoms with Gasteiger partial charge in [-0.1, -0.05) is 80.1 Å². The zero-order valence-corrected chi connectivity index (χ0v) is 12.3. The summed E-state index contributed by atoms with van der Waals surface area (Å²) in [6.07, 6.45) is 1.01. The van der Waals surface area contributed by atoms with Crippen LogP contribution >= 0.6 is 0 Å². The molecule has 2 aromatic rings. The lowest BCUT2D eigenvalue weighted by Gasteiger charge is -2.18. The molecule has 0 heterocycles. The van der Waals surface area contributed by atoms with Crippen LogP contribution < -0.4 is 0 Å². The molecule has 0 fully saturated rings. The highest BCUT2D eigenvalue weighted by molar-refractivity contribution is 5.33. The van der Waals surface area contributed by atoms with E-state index in [4.69, 9.17) is 0 Å². The molecule has 2 aromatic carbocycles. The quantitative estimate of drug-likeness (QED) is 0.602. The van der Waals surface area contributed by atoms with Gasteiger partial charge in [0.1, 0.15) is 0 Å². The van der Waals surface area contributed by atoms with Crippen LogP contribution in [-0.4, -0.2) is 0 Å². The summed E-state index contributed by atoms with van der Waals surface area (Å²) < 4.78 is 0. The van der Waals surface area contributed by atoms with Crippen molar-refractivity contribution in [1.82, 2.24) is 0 Å². The standard InChI is InChI=1S/C17H18.C2H6/c1-14(2)13-17(15-9-5-3-6-10-15)16-11-7-4-8-12-16;1-2/h3-12,17H,1,13H2,2H3;1-2H3. The molecule has 100 valence electrons. The normalized spacial score (nSPS) is 9.68. The maximum absolute atomic E-state index is 4.05. The minimum absolute atomic E-state index is 0.426. The first-order valence-electron chi connectivity index (χ1n) is 7.01. The first-order valence-corrected chi connectivity index (χ1v) is 7.01. The molecule has 19 heavy (non-hydrogen) atoms. The number of hydrogen-bond acceptors (Lipinski definition) is 0. The Morgan fingerprint density at radius 3 is 1.53 bits per heavy atom. The van der Waals surface area contributed by atoms with E-state index in [1.807, 2.05) is 13.8 Å². The zero-order valence-electron chi connectivity index (χ0n) is 12.3. The average Bonchev–Trinajstić information content (AvgIpc) is 2.48. The second-order valence-electron chi connectivity index (χ2n) is 4.54. The Labute approximate surface area is 117 Å². The van der Waals surface area contributed by atoms with Gasteiger partial charge in [0.25, 0.3) is 0 Å². The number of hydrogen-bond donors (Lipinski definition) is 0. The molecule has 0 aliphatic heterocycles. The number of benzene rings is 2. The van der Waals surface area contributed by atoms with Gasteiger partial charge in [-0.05, 0) is 24.5 Å². The third-order valence-corrected chi connectivity index (χ3v) is 2.96. The molecule has 0 bridgehead atoms. The van der Waals surface area contributed by atoms with Crippen LogP contribution in [0.3, 0.4) is 0 Å². The van der Waals surface area contributed by atoms with E-state index < -0.39 is 0 Å². The second kappa shape index (κ2) is 8.31.